The molecule has 0 bridgehead atoms. The molecule has 2 aliphatic carbocycles. The van der Waals surface area contributed by atoms with E-state index in [1.54, 1.807) is 0 Å². The SMILES string of the molecule is Cc1ccc2c(CCCOC(=O)C(C)(C)C)ccc(C(C)C)cc1-2. The molecule has 0 radical (unpaired) electrons. The van der Waals surface area contributed by atoms with Crippen LogP contribution in [0.2, 0.25) is 0 Å². The van der Waals surface area contributed by atoms with Crippen LogP contribution < -0.4 is 0 Å². The minimum absolute atomic E-state index is 0.127. The second kappa shape index (κ2) is 7.38. The molecular weight excluding hydrogens is 296 g/mol. The summed E-state index contributed by atoms with van der Waals surface area (Å²) in [5.74, 6) is 0.382. The van der Waals surface area contributed by atoms with E-state index in [0.717, 1.165) is 12.8 Å². The Kier molecular flexibility index (Phi) is 5.69. The second-order valence-electron chi connectivity index (χ2n) is 7.99. The van der Waals surface area contributed by atoms with Crippen LogP contribution in [-0.2, 0) is 16.0 Å². The van der Waals surface area contributed by atoms with Crippen LogP contribution in [0.5, 0.6) is 0 Å². The van der Waals surface area contributed by atoms with Crippen LogP contribution in [0.15, 0.2) is 30.3 Å². The van der Waals surface area contributed by atoms with E-state index in [-0.39, 0.29) is 5.97 Å². The fraction of sp³-hybridized carbons (Fsp3) is 0.500. The molecule has 0 fully saturated rings. The third-order valence-electron chi connectivity index (χ3n) is 4.45. The molecule has 0 aromatic carbocycles. The van der Waals surface area contributed by atoms with Crippen molar-refractivity contribution in [3.05, 3.63) is 47.0 Å². The number of carbonyl (C=O) groups excluding carboxylic acids is 1. The molecule has 0 amide bonds. The smallest absolute Gasteiger partial charge is 0.311 e. The predicted octanol–water partition coefficient (Wildman–Crippen LogP) is 5.75. The van der Waals surface area contributed by atoms with Gasteiger partial charge < -0.3 is 4.74 Å². The van der Waals surface area contributed by atoms with Crippen LogP contribution in [0.1, 0.15) is 63.6 Å². The van der Waals surface area contributed by atoms with Gasteiger partial charge in [-0.3, -0.25) is 4.79 Å². The van der Waals surface area contributed by atoms with E-state index in [1.165, 1.54) is 27.8 Å². The maximum Gasteiger partial charge on any atom is 0.311 e. The van der Waals surface area contributed by atoms with Gasteiger partial charge in [0.2, 0.25) is 0 Å². The van der Waals surface area contributed by atoms with Crippen LogP contribution in [0.4, 0.5) is 0 Å². The van der Waals surface area contributed by atoms with Crippen molar-refractivity contribution < 1.29 is 9.53 Å². The minimum atomic E-state index is -0.429. The Morgan fingerprint density at radius 2 is 1.79 bits per heavy atom. The molecular formula is C22H30O2. The van der Waals surface area contributed by atoms with E-state index in [2.05, 4.69) is 51.1 Å². The Morgan fingerprint density at radius 3 is 2.42 bits per heavy atom. The average molecular weight is 326 g/mol. The van der Waals surface area contributed by atoms with Crippen molar-refractivity contribution in [2.75, 3.05) is 6.61 Å². The molecule has 0 heterocycles. The normalized spacial score (nSPS) is 12.0. The third kappa shape index (κ3) is 4.37. The lowest BCUT2D eigenvalue weighted by Gasteiger charge is -2.16. The molecule has 0 aromatic rings. The minimum Gasteiger partial charge on any atom is -0.465 e. The number of hydrogen-bond donors (Lipinski definition) is 0. The van der Waals surface area contributed by atoms with Gasteiger partial charge in [0, 0.05) is 0 Å². The van der Waals surface area contributed by atoms with E-state index in [0.29, 0.717) is 12.5 Å². The summed E-state index contributed by atoms with van der Waals surface area (Å²) in [4.78, 5) is 11.8. The highest BCUT2D eigenvalue weighted by atomic mass is 16.5. The fourth-order valence-electron chi connectivity index (χ4n) is 2.79. The summed E-state index contributed by atoms with van der Waals surface area (Å²) in [6.45, 7) is 12.8. The van der Waals surface area contributed by atoms with Crippen molar-refractivity contribution in [1.82, 2.24) is 0 Å². The Balaban J connectivity index is 2.11. The monoisotopic (exact) mass is 326 g/mol. The van der Waals surface area contributed by atoms with Crippen LogP contribution in [0.3, 0.4) is 0 Å². The van der Waals surface area contributed by atoms with E-state index < -0.39 is 5.41 Å². The zero-order chi connectivity index (χ0) is 17.9. The molecule has 0 spiro atoms. The van der Waals surface area contributed by atoms with Gasteiger partial charge in [-0.2, -0.15) is 0 Å². The van der Waals surface area contributed by atoms with Crippen molar-refractivity contribution in [2.24, 2.45) is 5.41 Å². The van der Waals surface area contributed by atoms with Crippen LogP contribution in [0, 0.1) is 12.3 Å². The molecule has 2 heteroatoms. The van der Waals surface area contributed by atoms with Gasteiger partial charge in [-0.15, -0.1) is 0 Å². The van der Waals surface area contributed by atoms with E-state index in [9.17, 15) is 4.79 Å². The number of esters is 1. The first-order valence-electron chi connectivity index (χ1n) is 8.89. The molecule has 2 aliphatic rings. The summed E-state index contributed by atoms with van der Waals surface area (Å²) in [5, 5.41) is 0. The Morgan fingerprint density at radius 1 is 1.08 bits per heavy atom. The first-order valence-corrected chi connectivity index (χ1v) is 8.89. The first kappa shape index (κ1) is 18.5. The van der Waals surface area contributed by atoms with Gasteiger partial charge in [-0.05, 0) is 74.3 Å². The predicted molar refractivity (Wildman–Crippen MR) is 101 cm³/mol. The summed E-state index contributed by atoms with van der Waals surface area (Å²) >= 11 is 0. The number of carbonyl (C=O) groups is 1. The van der Waals surface area contributed by atoms with Crippen LogP contribution in [-0.4, -0.2) is 12.6 Å². The molecule has 0 aromatic heterocycles. The summed E-state index contributed by atoms with van der Waals surface area (Å²) in [7, 11) is 0. The largest absolute Gasteiger partial charge is 0.465 e. The lowest BCUT2D eigenvalue weighted by molar-refractivity contribution is -0.153. The summed E-state index contributed by atoms with van der Waals surface area (Å²) < 4.78 is 5.39. The molecule has 130 valence electrons. The number of fused-ring (bicyclic) bond motifs is 1. The van der Waals surface area contributed by atoms with E-state index in [1.807, 2.05) is 20.8 Å². The van der Waals surface area contributed by atoms with E-state index in [4.69, 9.17) is 4.74 Å². The van der Waals surface area contributed by atoms with Crippen molar-refractivity contribution >= 4 is 5.97 Å². The maximum atomic E-state index is 11.8. The molecule has 2 nitrogen and oxygen atoms in total. The Bertz CT molecular complexity index is 677. The van der Waals surface area contributed by atoms with Crippen LogP contribution >= 0.6 is 0 Å². The number of hydrogen-bond acceptors (Lipinski definition) is 2. The summed E-state index contributed by atoms with van der Waals surface area (Å²) in [6, 6.07) is 11.2. The number of aryl methyl sites for hydroxylation is 2. The van der Waals surface area contributed by atoms with Crippen molar-refractivity contribution in [1.29, 1.82) is 0 Å². The highest BCUT2D eigenvalue weighted by Gasteiger charge is 2.22. The highest BCUT2D eigenvalue weighted by Crippen LogP contribution is 2.33. The van der Waals surface area contributed by atoms with Gasteiger partial charge >= 0.3 is 5.97 Å². The van der Waals surface area contributed by atoms with Crippen molar-refractivity contribution in [2.45, 2.75) is 60.3 Å². The molecule has 0 aliphatic heterocycles. The summed E-state index contributed by atoms with van der Waals surface area (Å²) in [6.07, 6.45) is 1.77. The van der Waals surface area contributed by atoms with Gasteiger partial charge in [0.15, 0.2) is 0 Å². The Labute approximate surface area is 146 Å². The number of ether oxygens (including phenoxy) is 1. The van der Waals surface area contributed by atoms with E-state index >= 15 is 0 Å². The van der Waals surface area contributed by atoms with Gasteiger partial charge in [0.1, 0.15) is 0 Å². The van der Waals surface area contributed by atoms with Crippen LogP contribution in [0.25, 0.3) is 11.1 Å². The molecule has 0 unspecified atom stereocenters. The second-order valence-corrected chi connectivity index (χ2v) is 7.99. The van der Waals surface area contributed by atoms with Gasteiger partial charge in [0.05, 0.1) is 12.0 Å². The summed E-state index contributed by atoms with van der Waals surface area (Å²) in [5.41, 5.74) is 6.24. The van der Waals surface area contributed by atoms with Gasteiger partial charge in [0.25, 0.3) is 0 Å². The van der Waals surface area contributed by atoms with Crippen molar-refractivity contribution in [3.8, 4) is 11.1 Å². The molecule has 0 atom stereocenters. The van der Waals surface area contributed by atoms with Crippen molar-refractivity contribution in [3.63, 3.8) is 0 Å². The van der Waals surface area contributed by atoms with Gasteiger partial charge in [-0.25, -0.2) is 0 Å². The molecule has 24 heavy (non-hydrogen) atoms. The maximum absolute atomic E-state index is 11.8. The molecule has 0 saturated carbocycles. The quantitative estimate of drug-likeness (QED) is 0.517. The fourth-order valence-corrected chi connectivity index (χ4v) is 2.79. The highest BCUT2D eigenvalue weighted by molar-refractivity contribution is 5.75. The lowest BCUT2D eigenvalue weighted by Crippen LogP contribution is -2.23. The first-order chi connectivity index (χ1) is 11.2. The third-order valence-corrected chi connectivity index (χ3v) is 4.45. The number of rotatable bonds is 5. The average Bonchev–Trinajstić information content (AvgIpc) is 2.74. The Hall–Kier alpha value is -1.83. The zero-order valence-electron chi connectivity index (χ0n) is 15.9. The van der Waals surface area contributed by atoms with Gasteiger partial charge in [-0.1, -0.05) is 44.2 Å². The zero-order valence-corrected chi connectivity index (χ0v) is 15.9. The standard InChI is InChI=1S/C22H30O2/c1-15(2)18-11-10-17(19-12-9-16(3)20(19)14-18)8-7-13-24-21(23)22(4,5)6/h9-12,14-15H,7-8,13H2,1-6H3. The topological polar surface area (TPSA) is 26.3 Å². The molecule has 2 rings (SSSR count). The molecule has 0 saturated heterocycles. The lowest BCUT2D eigenvalue weighted by atomic mass is 9.97. The molecule has 0 N–H and O–H groups in total.